The van der Waals surface area contributed by atoms with Crippen LogP contribution in [0.1, 0.15) is 28.9 Å². The molecule has 0 aliphatic carbocycles. The van der Waals surface area contributed by atoms with E-state index in [0.717, 1.165) is 5.56 Å². The van der Waals surface area contributed by atoms with Crippen molar-refractivity contribution in [2.75, 3.05) is 0 Å². The van der Waals surface area contributed by atoms with Crippen LogP contribution in [0, 0.1) is 0 Å². The van der Waals surface area contributed by atoms with Crippen molar-refractivity contribution < 1.29 is 15.0 Å². The lowest BCUT2D eigenvalue weighted by atomic mass is 10.1. The molecule has 0 aliphatic heterocycles. The van der Waals surface area contributed by atoms with Gasteiger partial charge in [0.2, 0.25) is 0 Å². The molecular weight excluding hydrogens is 244 g/mol. The molecule has 0 saturated heterocycles. The van der Waals surface area contributed by atoms with E-state index in [1.165, 1.54) is 18.2 Å². The van der Waals surface area contributed by atoms with Crippen molar-refractivity contribution in [2.24, 2.45) is 0 Å². The van der Waals surface area contributed by atoms with Gasteiger partial charge in [0, 0.05) is 12.4 Å². The van der Waals surface area contributed by atoms with Crippen LogP contribution in [0.15, 0.2) is 42.7 Å². The van der Waals surface area contributed by atoms with Gasteiger partial charge in [0.15, 0.2) is 11.5 Å². The molecule has 3 N–H and O–H groups in total. The van der Waals surface area contributed by atoms with E-state index >= 15 is 0 Å². The Morgan fingerprint density at radius 1 is 1.21 bits per heavy atom. The molecule has 1 aromatic heterocycles. The van der Waals surface area contributed by atoms with Crippen molar-refractivity contribution in [3.8, 4) is 11.5 Å². The maximum Gasteiger partial charge on any atom is 0.255 e. The summed E-state index contributed by atoms with van der Waals surface area (Å²) in [6.07, 6.45) is 3.29. The lowest BCUT2D eigenvalue weighted by Gasteiger charge is -2.14. The number of hydrogen-bond donors (Lipinski definition) is 3. The predicted octanol–water partition coefficient (Wildman–Crippen LogP) is 1.98. The lowest BCUT2D eigenvalue weighted by Crippen LogP contribution is -2.26. The number of phenols is 2. The van der Waals surface area contributed by atoms with Gasteiger partial charge < -0.3 is 15.5 Å². The Balaban J connectivity index is 2.16. The molecule has 19 heavy (non-hydrogen) atoms. The molecule has 2 aromatic rings. The van der Waals surface area contributed by atoms with Crippen LogP contribution in [0.25, 0.3) is 0 Å². The fourth-order valence-corrected chi connectivity index (χ4v) is 1.72. The van der Waals surface area contributed by atoms with E-state index in [-0.39, 0.29) is 17.4 Å². The summed E-state index contributed by atoms with van der Waals surface area (Å²) in [6.45, 7) is 1.83. The molecule has 0 bridgehead atoms. The molecule has 1 aromatic carbocycles. The Morgan fingerprint density at radius 3 is 2.58 bits per heavy atom. The van der Waals surface area contributed by atoms with Gasteiger partial charge in [0.05, 0.1) is 11.6 Å². The van der Waals surface area contributed by atoms with Crippen molar-refractivity contribution in [1.82, 2.24) is 10.3 Å². The first-order valence-electron chi connectivity index (χ1n) is 5.81. The van der Waals surface area contributed by atoms with Gasteiger partial charge in [-0.2, -0.15) is 0 Å². The van der Waals surface area contributed by atoms with E-state index in [4.69, 9.17) is 0 Å². The number of para-hydroxylation sites is 1. The Labute approximate surface area is 110 Å². The summed E-state index contributed by atoms with van der Waals surface area (Å²) in [5.74, 6) is -1.18. The molecule has 98 valence electrons. The summed E-state index contributed by atoms with van der Waals surface area (Å²) in [6, 6.07) is 7.64. The zero-order valence-corrected chi connectivity index (χ0v) is 10.4. The number of carbonyl (C=O) groups excluding carboxylic acids is 1. The topological polar surface area (TPSA) is 82.5 Å². The molecule has 1 atom stereocenters. The SMILES string of the molecule is CC(NC(=O)c1cccc(O)c1O)c1ccncc1. The van der Waals surface area contributed by atoms with Gasteiger partial charge >= 0.3 is 0 Å². The van der Waals surface area contributed by atoms with E-state index in [1.807, 2.05) is 6.92 Å². The summed E-state index contributed by atoms with van der Waals surface area (Å²) >= 11 is 0. The van der Waals surface area contributed by atoms with Crippen LogP contribution < -0.4 is 5.32 Å². The number of aromatic nitrogens is 1. The Kier molecular flexibility index (Phi) is 3.66. The summed E-state index contributed by atoms with van der Waals surface area (Å²) in [7, 11) is 0. The van der Waals surface area contributed by atoms with E-state index in [1.54, 1.807) is 24.5 Å². The second-order valence-corrected chi connectivity index (χ2v) is 4.15. The van der Waals surface area contributed by atoms with Crippen molar-refractivity contribution >= 4 is 5.91 Å². The molecule has 0 spiro atoms. The minimum Gasteiger partial charge on any atom is -0.504 e. The fourth-order valence-electron chi connectivity index (χ4n) is 1.72. The van der Waals surface area contributed by atoms with Crippen LogP contribution in [-0.2, 0) is 0 Å². The van der Waals surface area contributed by atoms with Crippen LogP contribution in [-0.4, -0.2) is 21.1 Å². The monoisotopic (exact) mass is 258 g/mol. The molecule has 5 heteroatoms. The average molecular weight is 258 g/mol. The molecular formula is C14H14N2O3. The number of pyridine rings is 1. The lowest BCUT2D eigenvalue weighted by molar-refractivity contribution is 0.0936. The number of carbonyl (C=O) groups is 1. The molecule has 1 amide bonds. The molecule has 2 rings (SSSR count). The normalized spacial score (nSPS) is 11.8. The van der Waals surface area contributed by atoms with E-state index in [9.17, 15) is 15.0 Å². The largest absolute Gasteiger partial charge is 0.504 e. The van der Waals surface area contributed by atoms with Gasteiger partial charge in [-0.25, -0.2) is 0 Å². The number of aromatic hydroxyl groups is 2. The highest BCUT2D eigenvalue weighted by Gasteiger charge is 2.16. The summed E-state index contributed by atoms with van der Waals surface area (Å²) in [5.41, 5.74) is 0.948. The first-order valence-corrected chi connectivity index (χ1v) is 5.81. The molecule has 0 fully saturated rings. The summed E-state index contributed by atoms with van der Waals surface area (Å²) in [5, 5.41) is 21.7. The van der Waals surface area contributed by atoms with Gasteiger partial charge in [-0.05, 0) is 36.8 Å². The number of rotatable bonds is 3. The minimum atomic E-state index is -0.447. The first kappa shape index (κ1) is 12.9. The minimum absolute atomic E-state index is 0.0425. The predicted molar refractivity (Wildman–Crippen MR) is 69.9 cm³/mol. The third-order valence-electron chi connectivity index (χ3n) is 2.81. The highest BCUT2D eigenvalue weighted by atomic mass is 16.3. The van der Waals surface area contributed by atoms with Crippen molar-refractivity contribution in [3.05, 3.63) is 53.9 Å². The van der Waals surface area contributed by atoms with Crippen molar-refractivity contribution in [3.63, 3.8) is 0 Å². The van der Waals surface area contributed by atoms with Crippen LogP contribution in [0.3, 0.4) is 0 Å². The van der Waals surface area contributed by atoms with Crippen LogP contribution >= 0.6 is 0 Å². The summed E-state index contributed by atoms with van der Waals surface area (Å²) < 4.78 is 0. The van der Waals surface area contributed by atoms with Crippen LogP contribution in [0.4, 0.5) is 0 Å². The van der Waals surface area contributed by atoms with Gasteiger partial charge in [-0.3, -0.25) is 9.78 Å². The molecule has 5 nitrogen and oxygen atoms in total. The van der Waals surface area contributed by atoms with E-state index < -0.39 is 11.7 Å². The average Bonchev–Trinajstić information content (AvgIpc) is 2.42. The standard InChI is InChI=1S/C14H14N2O3/c1-9(10-5-7-15-8-6-10)16-14(19)11-3-2-4-12(17)13(11)18/h2-9,17-18H,1H3,(H,16,19). The Bertz CT molecular complexity index is 584. The third kappa shape index (κ3) is 2.82. The van der Waals surface area contributed by atoms with E-state index in [2.05, 4.69) is 10.3 Å². The molecule has 1 heterocycles. The Hall–Kier alpha value is -2.56. The second kappa shape index (κ2) is 5.39. The molecule has 0 radical (unpaired) electrons. The van der Waals surface area contributed by atoms with Crippen LogP contribution in [0.2, 0.25) is 0 Å². The highest BCUT2D eigenvalue weighted by Crippen LogP contribution is 2.28. The molecule has 0 saturated carbocycles. The molecule has 0 aliphatic rings. The van der Waals surface area contributed by atoms with Crippen molar-refractivity contribution in [2.45, 2.75) is 13.0 Å². The van der Waals surface area contributed by atoms with Gasteiger partial charge in [-0.15, -0.1) is 0 Å². The zero-order valence-electron chi connectivity index (χ0n) is 10.4. The quantitative estimate of drug-likeness (QED) is 0.735. The van der Waals surface area contributed by atoms with Gasteiger partial charge in [-0.1, -0.05) is 6.07 Å². The molecule has 1 unspecified atom stereocenters. The van der Waals surface area contributed by atoms with Gasteiger partial charge in [0.25, 0.3) is 5.91 Å². The van der Waals surface area contributed by atoms with Crippen LogP contribution in [0.5, 0.6) is 11.5 Å². The number of phenolic OH excluding ortho intramolecular Hbond substituents is 2. The number of nitrogens with zero attached hydrogens (tertiary/aromatic N) is 1. The zero-order chi connectivity index (χ0) is 13.8. The second-order valence-electron chi connectivity index (χ2n) is 4.15. The summed E-state index contributed by atoms with van der Waals surface area (Å²) in [4.78, 5) is 15.9. The number of amides is 1. The van der Waals surface area contributed by atoms with E-state index in [0.29, 0.717) is 0 Å². The Morgan fingerprint density at radius 2 is 1.89 bits per heavy atom. The maximum atomic E-state index is 12.0. The van der Waals surface area contributed by atoms with Gasteiger partial charge in [0.1, 0.15) is 0 Å². The smallest absolute Gasteiger partial charge is 0.255 e. The number of benzene rings is 1. The fraction of sp³-hybridized carbons (Fsp3) is 0.143. The number of hydrogen-bond acceptors (Lipinski definition) is 4. The number of nitrogens with one attached hydrogen (secondary N) is 1. The highest BCUT2D eigenvalue weighted by molar-refractivity contribution is 5.97. The maximum absolute atomic E-state index is 12.0. The first-order chi connectivity index (χ1) is 9.09. The third-order valence-corrected chi connectivity index (χ3v) is 2.81. The van der Waals surface area contributed by atoms with Crippen molar-refractivity contribution in [1.29, 1.82) is 0 Å².